The van der Waals surface area contributed by atoms with Gasteiger partial charge in [0.05, 0.1) is 12.5 Å². The molecule has 1 aliphatic carbocycles. The number of carbonyl (C=O) groups is 2. The van der Waals surface area contributed by atoms with Crippen LogP contribution in [0, 0.1) is 11.8 Å². The van der Waals surface area contributed by atoms with Crippen molar-refractivity contribution in [3.63, 3.8) is 0 Å². The molecule has 0 aromatic carbocycles. The summed E-state index contributed by atoms with van der Waals surface area (Å²) in [6.45, 7) is 1.80. The summed E-state index contributed by atoms with van der Waals surface area (Å²) in [5.74, 6) is -0.715. The Labute approximate surface area is 106 Å². The minimum Gasteiger partial charge on any atom is -0.481 e. The highest BCUT2D eigenvalue weighted by atomic mass is 16.6. The van der Waals surface area contributed by atoms with Gasteiger partial charge in [0.1, 0.15) is 6.10 Å². The number of rotatable bonds is 5. The van der Waals surface area contributed by atoms with E-state index < -0.39 is 5.97 Å². The predicted molar refractivity (Wildman–Crippen MR) is 64.2 cm³/mol. The van der Waals surface area contributed by atoms with E-state index in [9.17, 15) is 9.59 Å². The van der Waals surface area contributed by atoms with Crippen molar-refractivity contribution in [3.8, 4) is 0 Å². The van der Waals surface area contributed by atoms with Crippen molar-refractivity contribution >= 4 is 12.1 Å². The van der Waals surface area contributed by atoms with Gasteiger partial charge in [-0.3, -0.25) is 4.79 Å². The van der Waals surface area contributed by atoms with Crippen molar-refractivity contribution in [1.82, 2.24) is 10.6 Å². The van der Waals surface area contributed by atoms with Crippen LogP contribution in [-0.2, 0) is 9.53 Å². The molecule has 0 aromatic rings. The van der Waals surface area contributed by atoms with Gasteiger partial charge in [-0.2, -0.15) is 0 Å². The van der Waals surface area contributed by atoms with E-state index in [0.29, 0.717) is 19.6 Å². The first-order valence-corrected chi connectivity index (χ1v) is 6.55. The smallest absolute Gasteiger partial charge is 0.407 e. The van der Waals surface area contributed by atoms with E-state index in [-0.39, 0.29) is 24.0 Å². The highest BCUT2D eigenvalue weighted by molar-refractivity contribution is 5.70. The Morgan fingerprint density at radius 3 is 2.83 bits per heavy atom. The number of carboxylic acids is 1. The first-order chi connectivity index (χ1) is 8.66. The van der Waals surface area contributed by atoms with E-state index in [1.165, 1.54) is 0 Å². The molecule has 1 heterocycles. The Morgan fingerprint density at radius 1 is 1.39 bits per heavy atom. The van der Waals surface area contributed by atoms with E-state index in [0.717, 1.165) is 25.7 Å². The molecule has 6 nitrogen and oxygen atoms in total. The van der Waals surface area contributed by atoms with Gasteiger partial charge < -0.3 is 20.5 Å². The molecule has 1 saturated carbocycles. The van der Waals surface area contributed by atoms with Crippen LogP contribution in [0.25, 0.3) is 0 Å². The number of alkyl carbamates (subject to hydrolysis) is 1. The Morgan fingerprint density at radius 2 is 2.17 bits per heavy atom. The second kappa shape index (κ2) is 6.04. The average Bonchev–Trinajstić information content (AvgIpc) is 2.75. The van der Waals surface area contributed by atoms with Gasteiger partial charge in [-0.1, -0.05) is 12.8 Å². The lowest BCUT2D eigenvalue weighted by Crippen LogP contribution is -2.38. The number of cyclic esters (lactones) is 1. The fourth-order valence-corrected chi connectivity index (χ4v) is 2.75. The van der Waals surface area contributed by atoms with Crippen LogP contribution in [0.4, 0.5) is 4.79 Å². The molecular weight excluding hydrogens is 236 g/mol. The molecule has 1 amide bonds. The maximum Gasteiger partial charge on any atom is 0.407 e. The summed E-state index contributed by atoms with van der Waals surface area (Å²) in [6, 6.07) is 0. The molecule has 3 unspecified atom stereocenters. The third-order valence-corrected chi connectivity index (χ3v) is 3.75. The SMILES string of the molecule is O=C1NCC(CNCC2CCCCC2C(=O)O)O1. The van der Waals surface area contributed by atoms with Gasteiger partial charge in [-0.15, -0.1) is 0 Å². The lowest BCUT2D eigenvalue weighted by atomic mass is 9.79. The number of hydrogen-bond acceptors (Lipinski definition) is 4. The minimum absolute atomic E-state index is 0.135. The van der Waals surface area contributed by atoms with Crippen LogP contribution in [0.15, 0.2) is 0 Å². The van der Waals surface area contributed by atoms with E-state index in [1.54, 1.807) is 0 Å². The molecule has 2 aliphatic rings. The maximum atomic E-state index is 11.1. The summed E-state index contributed by atoms with van der Waals surface area (Å²) in [5.41, 5.74) is 0. The molecule has 0 aromatic heterocycles. The maximum absolute atomic E-state index is 11.1. The van der Waals surface area contributed by atoms with Gasteiger partial charge in [0, 0.05) is 6.54 Å². The van der Waals surface area contributed by atoms with Crippen molar-refractivity contribution < 1.29 is 19.4 Å². The van der Waals surface area contributed by atoms with E-state index in [4.69, 9.17) is 9.84 Å². The van der Waals surface area contributed by atoms with Crippen molar-refractivity contribution in [3.05, 3.63) is 0 Å². The van der Waals surface area contributed by atoms with Crippen LogP contribution in [-0.4, -0.2) is 42.9 Å². The zero-order chi connectivity index (χ0) is 13.0. The van der Waals surface area contributed by atoms with Crippen LogP contribution in [0.3, 0.4) is 0 Å². The van der Waals surface area contributed by atoms with Crippen LogP contribution in [0.2, 0.25) is 0 Å². The zero-order valence-electron chi connectivity index (χ0n) is 10.4. The summed E-state index contributed by atoms with van der Waals surface area (Å²) >= 11 is 0. The lowest BCUT2D eigenvalue weighted by molar-refractivity contribution is -0.144. The second-order valence-electron chi connectivity index (χ2n) is 5.06. The van der Waals surface area contributed by atoms with Crippen LogP contribution >= 0.6 is 0 Å². The third-order valence-electron chi connectivity index (χ3n) is 3.75. The molecule has 1 aliphatic heterocycles. The van der Waals surface area contributed by atoms with Gasteiger partial charge >= 0.3 is 12.1 Å². The molecule has 1 saturated heterocycles. The molecule has 102 valence electrons. The van der Waals surface area contributed by atoms with Crippen molar-refractivity contribution in [2.45, 2.75) is 31.8 Å². The topological polar surface area (TPSA) is 87.7 Å². The zero-order valence-corrected chi connectivity index (χ0v) is 10.4. The highest BCUT2D eigenvalue weighted by Gasteiger charge is 2.30. The van der Waals surface area contributed by atoms with Crippen LogP contribution < -0.4 is 10.6 Å². The fraction of sp³-hybridized carbons (Fsp3) is 0.833. The molecule has 6 heteroatoms. The molecule has 0 radical (unpaired) electrons. The molecule has 3 atom stereocenters. The minimum atomic E-state index is -0.685. The summed E-state index contributed by atoms with van der Waals surface area (Å²) < 4.78 is 5.00. The molecule has 2 fully saturated rings. The number of aliphatic carboxylic acids is 1. The predicted octanol–water partition coefficient (Wildman–Crippen LogP) is 0.575. The Kier molecular flexibility index (Phi) is 4.41. The number of carboxylic acid groups (broad SMARTS) is 1. The molecular formula is C12H20N2O4. The highest BCUT2D eigenvalue weighted by Crippen LogP contribution is 2.29. The fourth-order valence-electron chi connectivity index (χ4n) is 2.75. The third kappa shape index (κ3) is 3.35. The van der Waals surface area contributed by atoms with Gasteiger partial charge in [-0.05, 0) is 25.3 Å². The molecule has 0 spiro atoms. The normalized spacial score (nSPS) is 31.8. The summed E-state index contributed by atoms with van der Waals surface area (Å²) in [7, 11) is 0. The van der Waals surface area contributed by atoms with Crippen LogP contribution in [0.5, 0.6) is 0 Å². The van der Waals surface area contributed by atoms with Gasteiger partial charge in [0.15, 0.2) is 0 Å². The Hall–Kier alpha value is -1.30. The first-order valence-electron chi connectivity index (χ1n) is 6.55. The standard InChI is InChI=1S/C12H20N2O4/c15-11(16)10-4-2-1-3-8(10)5-13-6-9-7-14-12(17)18-9/h8-10,13H,1-7H2,(H,14,17)(H,15,16). The molecule has 18 heavy (non-hydrogen) atoms. The Balaban J connectivity index is 1.71. The molecule has 3 N–H and O–H groups in total. The van der Waals surface area contributed by atoms with E-state index in [1.807, 2.05) is 0 Å². The van der Waals surface area contributed by atoms with Crippen molar-refractivity contribution in [2.75, 3.05) is 19.6 Å². The average molecular weight is 256 g/mol. The summed E-state index contributed by atoms with van der Waals surface area (Å²) in [6.07, 6.45) is 3.36. The van der Waals surface area contributed by atoms with Crippen molar-refractivity contribution in [2.24, 2.45) is 11.8 Å². The van der Waals surface area contributed by atoms with Gasteiger partial charge in [-0.25, -0.2) is 4.79 Å². The second-order valence-corrected chi connectivity index (χ2v) is 5.06. The number of amides is 1. The van der Waals surface area contributed by atoms with Crippen molar-refractivity contribution in [1.29, 1.82) is 0 Å². The number of carbonyl (C=O) groups excluding carboxylic acids is 1. The van der Waals surface area contributed by atoms with Crippen LogP contribution in [0.1, 0.15) is 25.7 Å². The van der Waals surface area contributed by atoms with Gasteiger partial charge in [0.25, 0.3) is 0 Å². The number of hydrogen-bond donors (Lipinski definition) is 3. The van der Waals surface area contributed by atoms with E-state index in [2.05, 4.69) is 10.6 Å². The largest absolute Gasteiger partial charge is 0.481 e. The monoisotopic (exact) mass is 256 g/mol. The molecule has 0 bridgehead atoms. The lowest BCUT2D eigenvalue weighted by Gasteiger charge is -2.28. The van der Waals surface area contributed by atoms with Gasteiger partial charge in [0.2, 0.25) is 0 Å². The first kappa shape index (κ1) is 13.1. The molecule has 2 rings (SSSR count). The number of ether oxygens (including phenoxy) is 1. The number of nitrogens with one attached hydrogen (secondary N) is 2. The Bertz CT molecular complexity index is 321. The summed E-state index contributed by atoms with van der Waals surface area (Å²) in [4.78, 5) is 21.9. The summed E-state index contributed by atoms with van der Waals surface area (Å²) in [5, 5.41) is 15.0. The quantitative estimate of drug-likeness (QED) is 0.669. The van der Waals surface area contributed by atoms with E-state index >= 15 is 0 Å².